The first-order chi connectivity index (χ1) is 8.72. The summed E-state index contributed by atoms with van der Waals surface area (Å²) < 4.78 is 1.86. The van der Waals surface area contributed by atoms with Crippen LogP contribution in [0.3, 0.4) is 0 Å². The minimum absolute atomic E-state index is 0.825. The molecule has 0 aliphatic carbocycles. The number of para-hydroxylation sites is 1. The monoisotopic (exact) mass is 240 g/mol. The number of pyridine rings is 1. The van der Waals surface area contributed by atoms with Crippen molar-refractivity contribution in [3.05, 3.63) is 35.5 Å². The molecule has 92 valence electrons. The van der Waals surface area contributed by atoms with Crippen molar-refractivity contribution in [2.45, 2.75) is 13.5 Å². The number of aromatic nitrogens is 3. The minimum atomic E-state index is 0.825. The van der Waals surface area contributed by atoms with E-state index in [2.05, 4.69) is 28.6 Å². The van der Waals surface area contributed by atoms with E-state index in [0.29, 0.717) is 0 Å². The number of hydrogen-bond donors (Lipinski definition) is 1. The number of fused-ring (bicyclic) bond motifs is 2. The summed E-state index contributed by atoms with van der Waals surface area (Å²) in [7, 11) is 3.91. The van der Waals surface area contributed by atoms with Crippen LogP contribution in [0.4, 0.5) is 0 Å². The fraction of sp³-hybridized carbons (Fsp3) is 0.286. The highest BCUT2D eigenvalue weighted by Gasteiger charge is 2.14. The van der Waals surface area contributed by atoms with Gasteiger partial charge in [-0.3, -0.25) is 4.68 Å². The van der Waals surface area contributed by atoms with Crippen LogP contribution in [-0.2, 0) is 13.6 Å². The summed E-state index contributed by atoms with van der Waals surface area (Å²) in [5, 5.41) is 10.1. The lowest BCUT2D eigenvalue weighted by Crippen LogP contribution is -2.07. The van der Waals surface area contributed by atoms with E-state index in [1.807, 2.05) is 31.8 Å². The molecule has 2 heterocycles. The molecule has 0 saturated heterocycles. The van der Waals surface area contributed by atoms with Crippen molar-refractivity contribution in [1.82, 2.24) is 20.1 Å². The fourth-order valence-electron chi connectivity index (χ4n) is 2.56. The lowest BCUT2D eigenvalue weighted by Gasteiger charge is -2.08. The van der Waals surface area contributed by atoms with Crippen LogP contribution in [-0.4, -0.2) is 21.8 Å². The summed E-state index contributed by atoms with van der Waals surface area (Å²) in [6.07, 6.45) is 0. The van der Waals surface area contributed by atoms with Crippen LogP contribution in [0.5, 0.6) is 0 Å². The fourth-order valence-corrected chi connectivity index (χ4v) is 2.56. The van der Waals surface area contributed by atoms with Gasteiger partial charge in [0.15, 0.2) is 5.65 Å². The van der Waals surface area contributed by atoms with Gasteiger partial charge in [0.2, 0.25) is 0 Å². The molecule has 3 aromatic rings. The molecule has 1 N–H and O–H groups in total. The molecule has 0 aliphatic rings. The standard InChI is InChI=1S/C14H16N4/c1-9-13-11(8-15-2)10-6-4-5-7-12(10)16-14(13)18(3)17-9/h4-7,15H,8H2,1-3H3. The molecule has 1 aromatic carbocycles. The van der Waals surface area contributed by atoms with Crippen molar-refractivity contribution >= 4 is 21.9 Å². The third-order valence-corrected chi connectivity index (χ3v) is 3.30. The van der Waals surface area contributed by atoms with E-state index in [1.54, 1.807) is 0 Å². The highest BCUT2D eigenvalue weighted by atomic mass is 15.3. The van der Waals surface area contributed by atoms with E-state index >= 15 is 0 Å². The number of benzene rings is 1. The summed E-state index contributed by atoms with van der Waals surface area (Å²) in [6.45, 7) is 2.87. The van der Waals surface area contributed by atoms with Crippen molar-refractivity contribution in [3.63, 3.8) is 0 Å². The zero-order valence-corrected chi connectivity index (χ0v) is 10.9. The maximum atomic E-state index is 4.71. The van der Waals surface area contributed by atoms with Gasteiger partial charge >= 0.3 is 0 Å². The predicted molar refractivity (Wildman–Crippen MR) is 73.5 cm³/mol. The number of nitrogens with zero attached hydrogens (tertiary/aromatic N) is 3. The van der Waals surface area contributed by atoms with Gasteiger partial charge in [0.25, 0.3) is 0 Å². The minimum Gasteiger partial charge on any atom is -0.316 e. The Morgan fingerprint density at radius 3 is 2.83 bits per heavy atom. The largest absolute Gasteiger partial charge is 0.316 e. The molecule has 0 spiro atoms. The van der Waals surface area contributed by atoms with Crippen LogP contribution >= 0.6 is 0 Å². The van der Waals surface area contributed by atoms with Gasteiger partial charge in [0.05, 0.1) is 11.2 Å². The maximum absolute atomic E-state index is 4.71. The lowest BCUT2D eigenvalue weighted by molar-refractivity contribution is 0.775. The number of aryl methyl sites for hydroxylation is 2. The van der Waals surface area contributed by atoms with Gasteiger partial charge in [-0.2, -0.15) is 5.10 Å². The second kappa shape index (κ2) is 4.07. The second-order valence-corrected chi connectivity index (χ2v) is 4.55. The summed E-state index contributed by atoms with van der Waals surface area (Å²) >= 11 is 0. The maximum Gasteiger partial charge on any atom is 0.158 e. The Balaban J connectivity index is 2.52. The van der Waals surface area contributed by atoms with Crippen molar-refractivity contribution < 1.29 is 0 Å². The quantitative estimate of drug-likeness (QED) is 0.746. The molecule has 0 fully saturated rings. The van der Waals surface area contributed by atoms with E-state index in [-0.39, 0.29) is 0 Å². The highest BCUT2D eigenvalue weighted by Crippen LogP contribution is 2.27. The zero-order chi connectivity index (χ0) is 12.7. The van der Waals surface area contributed by atoms with Crippen molar-refractivity contribution in [2.24, 2.45) is 7.05 Å². The molecule has 18 heavy (non-hydrogen) atoms. The lowest BCUT2D eigenvalue weighted by atomic mass is 10.0. The molecule has 2 aromatic heterocycles. The molecular weight excluding hydrogens is 224 g/mol. The Bertz CT molecular complexity index is 727. The molecular formula is C14H16N4. The summed E-state index contributed by atoms with van der Waals surface area (Å²) in [5.41, 5.74) is 4.30. The molecule has 0 amide bonds. The van der Waals surface area contributed by atoms with Gasteiger partial charge in [-0.1, -0.05) is 18.2 Å². The molecule has 0 atom stereocenters. The summed E-state index contributed by atoms with van der Waals surface area (Å²) in [4.78, 5) is 4.71. The topological polar surface area (TPSA) is 42.7 Å². The molecule has 0 unspecified atom stereocenters. The summed E-state index contributed by atoms with van der Waals surface area (Å²) in [5.74, 6) is 0. The van der Waals surface area contributed by atoms with E-state index in [0.717, 1.165) is 23.4 Å². The average molecular weight is 240 g/mol. The molecule has 4 heteroatoms. The first-order valence-electron chi connectivity index (χ1n) is 6.08. The van der Waals surface area contributed by atoms with Gasteiger partial charge in [-0.05, 0) is 25.6 Å². The Labute approximate surface area is 106 Å². The van der Waals surface area contributed by atoms with E-state index in [4.69, 9.17) is 4.98 Å². The predicted octanol–water partition coefficient (Wildman–Crippen LogP) is 2.15. The Kier molecular flexibility index (Phi) is 2.52. The molecule has 3 rings (SSSR count). The Morgan fingerprint density at radius 1 is 1.28 bits per heavy atom. The molecule has 0 aliphatic heterocycles. The highest BCUT2D eigenvalue weighted by molar-refractivity contribution is 5.97. The molecule has 4 nitrogen and oxygen atoms in total. The van der Waals surface area contributed by atoms with Crippen LogP contribution in [0, 0.1) is 6.92 Å². The third kappa shape index (κ3) is 1.49. The van der Waals surface area contributed by atoms with Crippen LogP contribution in [0.2, 0.25) is 0 Å². The van der Waals surface area contributed by atoms with Crippen LogP contribution in [0.1, 0.15) is 11.3 Å². The van der Waals surface area contributed by atoms with Crippen LogP contribution < -0.4 is 5.32 Å². The average Bonchev–Trinajstić information content (AvgIpc) is 2.65. The van der Waals surface area contributed by atoms with Gasteiger partial charge in [0.1, 0.15) is 0 Å². The van der Waals surface area contributed by atoms with Gasteiger partial charge in [-0.25, -0.2) is 4.98 Å². The normalized spacial score (nSPS) is 11.5. The van der Waals surface area contributed by atoms with Crippen molar-refractivity contribution in [1.29, 1.82) is 0 Å². The zero-order valence-electron chi connectivity index (χ0n) is 10.9. The van der Waals surface area contributed by atoms with E-state index in [1.165, 1.54) is 16.3 Å². The SMILES string of the molecule is CNCc1c2ccccc2nc2c1c(C)nn2C. The van der Waals surface area contributed by atoms with Crippen molar-refractivity contribution in [2.75, 3.05) is 7.05 Å². The van der Waals surface area contributed by atoms with Gasteiger partial charge < -0.3 is 5.32 Å². The van der Waals surface area contributed by atoms with Gasteiger partial charge in [0, 0.05) is 24.4 Å². The smallest absolute Gasteiger partial charge is 0.158 e. The molecule has 0 radical (unpaired) electrons. The van der Waals surface area contributed by atoms with E-state index in [9.17, 15) is 0 Å². The van der Waals surface area contributed by atoms with Crippen LogP contribution in [0.25, 0.3) is 21.9 Å². The second-order valence-electron chi connectivity index (χ2n) is 4.55. The number of nitrogens with one attached hydrogen (secondary N) is 1. The van der Waals surface area contributed by atoms with Gasteiger partial charge in [-0.15, -0.1) is 0 Å². The van der Waals surface area contributed by atoms with E-state index < -0.39 is 0 Å². The molecule has 0 bridgehead atoms. The third-order valence-electron chi connectivity index (χ3n) is 3.30. The van der Waals surface area contributed by atoms with Crippen LogP contribution in [0.15, 0.2) is 24.3 Å². The number of hydrogen-bond acceptors (Lipinski definition) is 3. The first kappa shape index (κ1) is 11.2. The van der Waals surface area contributed by atoms with Crippen molar-refractivity contribution in [3.8, 4) is 0 Å². The first-order valence-corrected chi connectivity index (χ1v) is 6.08. The summed E-state index contributed by atoms with van der Waals surface area (Å²) in [6, 6.07) is 8.26. The number of rotatable bonds is 2. The molecule has 0 saturated carbocycles. The Hall–Kier alpha value is -1.94. The Morgan fingerprint density at radius 2 is 2.06 bits per heavy atom.